The average molecular weight is 292 g/mol. The average Bonchev–Trinajstić information content (AvgIpc) is 2.52. The Balaban J connectivity index is 1.94. The van der Waals surface area contributed by atoms with Crippen molar-refractivity contribution < 1.29 is 4.74 Å². The largest absolute Gasteiger partial charge is 0.383 e. The van der Waals surface area contributed by atoms with Gasteiger partial charge in [-0.1, -0.05) is 0 Å². The van der Waals surface area contributed by atoms with Crippen LogP contribution in [0, 0.1) is 11.3 Å². The van der Waals surface area contributed by atoms with E-state index in [0.717, 1.165) is 19.6 Å². The number of ether oxygens (including phenoxy) is 1. The van der Waals surface area contributed by atoms with Crippen LogP contribution in [0.2, 0.25) is 0 Å². The number of hydrogen-bond acceptors (Lipinski definition) is 7. The SMILES string of the molecule is COCCNc1c(N2CCN(CCC#N)CC2)c(=O)c1=O. The highest BCUT2D eigenvalue weighted by molar-refractivity contribution is 5.75. The number of nitrogens with zero attached hydrogens (tertiary/aromatic N) is 3. The molecule has 0 atom stereocenters. The molecule has 1 fully saturated rings. The standard InChI is InChI=1S/C14H20N4O3/c1-21-10-4-16-11-12(14(20)13(11)19)18-8-6-17(7-9-18)5-2-3-15/h16H,2,4-10H2,1H3. The molecule has 0 spiro atoms. The van der Waals surface area contributed by atoms with Crippen LogP contribution in [0.3, 0.4) is 0 Å². The van der Waals surface area contributed by atoms with Crippen molar-refractivity contribution in [3.8, 4) is 6.07 Å². The third kappa shape index (κ3) is 3.40. The molecule has 0 aliphatic carbocycles. The van der Waals surface area contributed by atoms with Crippen molar-refractivity contribution in [2.75, 3.05) is 63.2 Å². The molecular weight excluding hydrogens is 272 g/mol. The maximum Gasteiger partial charge on any atom is 0.253 e. The van der Waals surface area contributed by atoms with Crippen LogP contribution in [0.5, 0.6) is 0 Å². The lowest BCUT2D eigenvalue weighted by atomic mass is 10.1. The number of nitrogens with one attached hydrogen (secondary N) is 1. The highest BCUT2D eigenvalue weighted by atomic mass is 16.5. The molecule has 114 valence electrons. The molecule has 1 aromatic carbocycles. The minimum Gasteiger partial charge on any atom is -0.383 e. The zero-order valence-corrected chi connectivity index (χ0v) is 12.2. The van der Waals surface area contributed by atoms with Gasteiger partial charge in [0.2, 0.25) is 0 Å². The first-order valence-electron chi connectivity index (χ1n) is 7.09. The molecule has 0 aromatic heterocycles. The van der Waals surface area contributed by atoms with Gasteiger partial charge < -0.3 is 15.0 Å². The lowest BCUT2D eigenvalue weighted by Crippen LogP contribution is -2.51. The van der Waals surface area contributed by atoms with E-state index < -0.39 is 10.9 Å². The Morgan fingerprint density at radius 1 is 1.24 bits per heavy atom. The Labute approximate surface area is 123 Å². The summed E-state index contributed by atoms with van der Waals surface area (Å²) in [6.45, 7) is 4.77. The van der Waals surface area contributed by atoms with E-state index in [2.05, 4.69) is 16.3 Å². The molecule has 0 saturated carbocycles. The smallest absolute Gasteiger partial charge is 0.253 e. The molecule has 0 unspecified atom stereocenters. The van der Waals surface area contributed by atoms with E-state index in [1.807, 2.05) is 4.90 Å². The van der Waals surface area contributed by atoms with E-state index >= 15 is 0 Å². The molecule has 21 heavy (non-hydrogen) atoms. The van der Waals surface area contributed by atoms with Crippen molar-refractivity contribution in [3.63, 3.8) is 0 Å². The summed E-state index contributed by atoms with van der Waals surface area (Å²) in [5.74, 6) is 0. The van der Waals surface area contributed by atoms with Gasteiger partial charge in [-0.2, -0.15) is 5.26 Å². The molecule has 2 rings (SSSR count). The predicted octanol–water partition coefficient (Wildman–Crippen LogP) is -0.623. The van der Waals surface area contributed by atoms with Crippen molar-refractivity contribution >= 4 is 11.4 Å². The fraction of sp³-hybridized carbons (Fsp3) is 0.643. The molecule has 0 amide bonds. The quantitative estimate of drug-likeness (QED) is 0.529. The van der Waals surface area contributed by atoms with Crippen molar-refractivity contribution in [3.05, 3.63) is 20.4 Å². The second kappa shape index (κ2) is 7.20. The molecule has 1 heterocycles. The van der Waals surface area contributed by atoms with Gasteiger partial charge in [-0.25, -0.2) is 0 Å². The van der Waals surface area contributed by atoms with Crippen LogP contribution in [0.1, 0.15) is 6.42 Å². The number of rotatable bonds is 7. The first-order chi connectivity index (χ1) is 10.2. The summed E-state index contributed by atoms with van der Waals surface area (Å²) in [6.07, 6.45) is 0.518. The third-order valence-electron chi connectivity index (χ3n) is 3.72. The minimum atomic E-state index is -0.437. The Morgan fingerprint density at radius 3 is 2.57 bits per heavy atom. The van der Waals surface area contributed by atoms with E-state index in [1.54, 1.807) is 7.11 Å². The molecule has 1 saturated heterocycles. The fourth-order valence-corrected chi connectivity index (χ4v) is 2.53. The van der Waals surface area contributed by atoms with Crippen LogP contribution in [-0.2, 0) is 4.74 Å². The lowest BCUT2D eigenvalue weighted by molar-refractivity contribution is 0.210. The van der Waals surface area contributed by atoms with Crippen LogP contribution in [0.4, 0.5) is 11.4 Å². The third-order valence-corrected chi connectivity index (χ3v) is 3.72. The number of piperazine rings is 1. The van der Waals surface area contributed by atoms with Gasteiger partial charge >= 0.3 is 0 Å². The van der Waals surface area contributed by atoms with Crippen molar-refractivity contribution in [2.24, 2.45) is 0 Å². The highest BCUT2D eigenvalue weighted by Crippen LogP contribution is 2.21. The van der Waals surface area contributed by atoms with E-state index in [4.69, 9.17) is 10.00 Å². The monoisotopic (exact) mass is 292 g/mol. The first-order valence-corrected chi connectivity index (χ1v) is 7.09. The maximum absolute atomic E-state index is 11.8. The Morgan fingerprint density at radius 2 is 1.95 bits per heavy atom. The molecule has 0 radical (unpaired) electrons. The van der Waals surface area contributed by atoms with Gasteiger partial charge in [-0.05, 0) is 0 Å². The van der Waals surface area contributed by atoms with Crippen molar-refractivity contribution in [1.82, 2.24) is 4.90 Å². The minimum absolute atomic E-state index is 0.402. The van der Waals surface area contributed by atoms with Gasteiger partial charge in [-0.15, -0.1) is 0 Å². The molecule has 7 heteroatoms. The highest BCUT2D eigenvalue weighted by Gasteiger charge is 2.28. The number of anilines is 2. The van der Waals surface area contributed by atoms with Crippen molar-refractivity contribution in [1.29, 1.82) is 5.26 Å². The molecule has 1 aliphatic rings. The summed E-state index contributed by atoms with van der Waals surface area (Å²) in [4.78, 5) is 27.6. The van der Waals surface area contributed by atoms with E-state index in [1.165, 1.54) is 0 Å². The van der Waals surface area contributed by atoms with E-state index in [0.29, 0.717) is 44.0 Å². The molecule has 0 bridgehead atoms. The van der Waals surface area contributed by atoms with Crippen LogP contribution < -0.4 is 21.1 Å². The Kier molecular flexibility index (Phi) is 5.31. The van der Waals surface area contributed by atoms with Gasteiger partial charge in [0, 0.05) is 52.8 Å². The summed E-state index contributed by atoms with van der Waals surface area (Å²) in [7, 11) is 1.59. The maximum atomic E-state index is 11.8. The van der Waals surface area contributed by atoms with Crippen LogP contribution >= 0.6 is 0 Å². The second-order valence-electron chi connectivity index (χ2n) is 5.04. The summed E-state index contributed by atoms with van der Waals surface area (Å²) in [5, 5.41) is 11.6. The summed E-state index contributed by atoms with van der Waals surface area (Å²) in [5.41, 5.74) is 0.0898. The molecular formula is C14H20N4O3. The van der Waals surface area contributed by atoms with Gasteiger partial charge in [0.1, 0.15) is 11.4 Å². The normalized spacial score (nSPS) is 16.1. The zero-order valence-electron chi connectivity index (χ0n) is 12.2. The second-order valence-corrected chi connectivity index (χ2v) is 5.04. The van der Waals surface area contributed by atoms with E-state index in [-0.39, 0.29) is 0 Å². The van der Waals surface area contributed by atoms with Gasteiger partial charge in [0.25, 0.3) is 10.9 Å². The van der Waals surface area contributed by atoms with Gasteiger partial charge in [0.15, 0.2) is 0 Å². The summed E-state index contributed by atoms with van der Waals surface area (Å²) in [6, 6.07) is 2.13. The molecule has 1 aromatic rings. The first kappa shape index (κ1) is 15.5. The van der Waals surface area contributed by atoms with Crippen LogP contribution in [-0.4, -0.2) is 57.9 Å². The predicted molar refractivity (Wildman–Crippen MR) is 80.6 cm³/mol. The molecule has 1 aliphatic heterocycles. The molecule has 1 N–H and O–H groups in total. The fourth-order valence-electron chi connectivity index (χ4n) is 2.53. The van der Waals surface area contributed by atoms with Gasteiger partial charge in [-0.3, -0.25) is 14.5 Å². The zero-order chi connectivity index (χ0) is 15.2. The van der Waals surface area contributed by atoms with Crippen molar-refractivity contribution in [2.45, 2.75) is 6.42 Å². The number of hydrogen-bond donors (Lipinski definition) is 1. The number of nitriles is 1. The molecule has 7 nitrogen and oxygen atoms in total. The van der Waals surface area contributed by atoms with Crippen LogP contribution in [0.15, 0.2) is 9.59 Å². The topological polar surface area (TPSA) is 85.7 Å². The summed E-state index contributed by atoms with van der Waals surface area (Å²) < 4.78 is 4.93. The Bertz CT molecular complexity index is 578. The summed E-state index contributed by atoms with van der Waals surface area (Å²) >= 11 is 0. The van der Waals surface area contributed by atoms with E-state index in [9.17, 15) is 9.59 Å². The van der Waals surface area contributed by atoms with Crippen LogP contribution in [0.25, 0.3) is 0 Å². The Hall–Kier alpha value is -1.91. The lowest BCUT2D eigenvalue weighted by Gasteiger charge is -2.36. The van der Waals surface area contributed by atoms with Gasteiger partial charge in [0.05, 0.1) is 12.7 Å². The number of methoxy groups -OCH3 is 1.